The SMILES string of the molecule is CCC(C#N)(NC(=O)C(OC(=O)CCl)C(C)C)C(=O)OC(C)(C)C. The van der Waals surface area contributed by atoms with E-state index in [2.05, 4.69) is 5.32 Å². The van der Waals surface area contributed by atoms with Gasteiger partial charge in [-0.05, 0) is 33.1 Å². The smallest absolute Gasteiger partial charge is 0.347 e. The molecule has 0 aromatic rings. The van der Waals surface area contributed by atoms with Crippen LogP contribution in [0.1, 0.15) is 48.0 Å². The molecule has 136 valence electrons. The maximum Gasteiger partial charge on any atom is 0.347 e. The first-order chi connectivity index (χ1) is 10.9. The zero-order valence-corrected chi connectivity index (χ0v) is 15.7. The molecule has 0 aliphatic carbocycles. The summed E-state index contributed by atoms with van der Waals surface area (Å²) in [5.74, 6) is -3.15. The average Bonchev–Trinajstić information content (AvgIpc) is 2.47. The molecule has 0 saturated carbocycles. The summed E-state index contributed by atoms with van der Waals surface area (Å²) in [5.41, 5.74) is -2.67. The Labute approximate surface area is 147 Å². The van der Waals surface area contributed by atoms with E-state index in [9.17, 15) is 19.6 Å². The van der Waals surface area contributed by atoms with Gasteiger partial charge in [0.1, 0.15) is 17.6 Å². The van der Waals surface area contributed by atoms with E-state index in [4.69, 9.17) is 21.1 Å². The van der Waals surface area contributed by atoms with Gasteiger partial charge in [0.05, 0.1) is 0 Å². The van der Waals surface area contributed by atoms with Crippen molar-refractivity contribution in [3.8, 4) is 6.07 Å². The van der Waals surface area contributed by atoms with Crippen LogP contribution in [-0.2, 0) is 23.9 Å². The van der Waals surface area contributed by atoms with Crippen LogP contribution in [0.2, 0.25) is 0 Å². The van der Waals surface area contributed by atoms with E-state index in [1.165, 1.54) is 0 Å². The molecule has 0 aromatic carbocycles. The minimum Gasteiger partial charge on any atom is -0.457 e. The minimum absolute atomic E-state index is 0.00157. The van der Waals surface area contributed by atoms with Gasteiger partial charge in [-0.1, -0.05) is 20.8 Å². The zero-order chi connectivity index (χ0) is 19.1. The molecule has 1 N–H and O–H groups in total. The van der Waals surface area contributed by atoms with Crippen molar-refractivity contribution in [3.63, 3.8) is 0 Å². The maximum absolute atomic E-state index is 12.4. The van der Waals surface area contributed by atoms with Crippen molar-refractivity contribution in [2.24, 2.45) is 5.92 Å². The highest BCUT2D eigenvalue weighted by Crippen LogP contribution is 2.19. The highest BCUT2D eigenvalue weighted by molar-refractivity contribution is 6.26. The lowest BCUT2D eigenvalue weighted by Gasteiger charge is -2.31. The fraction of sp³-hybridized carbons (Fsp3) is 0.750. The van der Waals surface area contributed by atoms with Crippen molar-refractivity contribution in [2.45, 2.75) is 65.2 Å². The van der Waals surface area contributed by atoms with E-state index in [-0.39, 0.29) is 12.3 Å². The Hall–Kier alpha value is -1.81. The van der Waals surface area contributed by atoms with Gasteiger partial charge in [0.25, 0.3) is 5.91 Å². The summed E-state index contributed by atoms with van der Waals surface area (Å²) in [6, 6.07) is 1.81. The van der Waals surface area contributed by atoms with Crippen LogP contribution >= 0.6 is 11.6 Å². The number of carbonyl (C=O) groups is 3. The van der Waals surface area contributed by atoms with Gasteiger partial charge in [0.15, 0.2) is 6.10 Å². The van der Waals surface area contributed by atoms with Crippen molar-refractivity contribution < 1.29 is 23.9 Å². The molecule has 0 aliphatic heterocycles. The lowest BCUT2D eigenvalue weighted by molar-refractivity contribution is -0.164. The second kappa shape index (κ2) is 8.88. The van der Waals surface area contributed by atoms with Crippen molar-refractivity contribution in [2.75, 3.05) is 5.88 Å². The average molecular weight is 361 g/mol. The van der Waals surface area contributed by atoms with Gasteiger partial charge >= 0.3 is 11.9 Å². The summed E-state index contributed by atoms with van der Waals surface area (Å²) >= 11 is 5.38. The van der Waals surface area contributed by atoms with Crippen LogP contribution in [0, 0.1) is 17.2 Å². The Balaban J connectivity index is 5.42. The molecule has 2 unspecified atom stereocenters. The highest BCUT2D eigenvalue weighted by Gasteiger charge is 2.44. The van der Waals surface area contributed by atoms with E-state index in [1.807, 2.05) is 0 Å². The van der Waals surface area contributed by atoms with E-state index in [0.717, 1.165) is 0 Å². The molecule has 0 bridgehead atoms. The van der Waals surface area contributed by atoms with Gasteiger partial charge < -0.3 is 14.8 Å². The van der Waals surface area contributed by atoms with Gasteiger partial charge in [0, 0.05) is 0 Å². The topological polar surface area (TPSA) is 105 Å². The van der Waals surface area contributed by atoms with Gasteiger partial charge in [-0.25, -0.2) is 4.79 Å². The Bertz CT molecular complexity index is 522. The number of nitrogens with zero attached hydrogens (tertiary/aromatic N) is 1. The lowest BCUT2D eigenvalue weighted by atomic mass is 9.96. The molecule has 0 radical (unpaired) electrons. The van der Waals surface area contributed by atoms with Crippen LogP contribution < -0.4 is 5.32 Å². The first-order valence-electron chi connectivity index (χ1n) is 7.64. The lowest BCUT2D eigenvalue weighted by Crippen LogP contribution is -2.58. The molecule has 0 rings (SSSR count). The van der Waals surface area contributed by atoms with Gasteiger partial charge in [0.2, 0.25) is 5.54 Å². The molecule has 0 aliphatic rings. The molecule has 0 aromatic heterocycles. The summed E-state index contributed by atoms with van der Waals surface area (Å²) in [5, 5.41) is 11.8. The van der Waals surface area contributed by atoms with Crippen molar-refractivity contribution in [3.05, 3.63) is 0 Å². The predicted octanol–water partition coefficient (Wildman–Crippen LogP) is 1.92. The molecule has 0 spiro atoms. The summed E-state index contributed by atoms with van der Waals surface area (Å²) < 4.78 is 10.2. The second-order valence-corrected chi connectivity index (χ2v) is 6.92. The number of nitriles is 1. The molecule has 8 heteroatoms. The molecule has 2 atom stereocenters. The predicted molar refractivity (Wildman–Crippen MR) is 88.1 cm³/mol. The van der Waals surface area contributed by atoms with Crippen LogP contribution in [0.15, 0.2) is 0 Å². The fourth-order valence-electron chi connectivity index (χ4n) is 1.75. The Morgan fingerprint density at radius 1 is 1.25 bits per heavy atom. The van der Waals surface area contributed by atoms with Crippen molar-refractivity contribution in [1.29, 1.82) is 5.26 Å². The third kappa shape index (κ3) is 6.36. The highest BCUT2D eigenvalue weighted by atomic mass is 35.5. The molecular formula is C16H25ClN2O5. The number of alkyl halides is 1. The monoisotopic (exact) mass is 360 g/mol. The van der Waals surface area contributed by atoms with E-state index < -0.39 is 41.0 Å². The Morgan fingerprint density at radius 2 is 1.79 bits per heavy atom. The summed E-state index contributed by atoms with van der Waals surface area (Å²) in [4.78, 5) is 36.2. The fourth-order valence-corrected chi connectivity index (χ4v) is 1.81. The number of amides is 1. The van der Waals surface area contributed by atoms with Crippen LogP contribution in [0.4, 0.5) is 0 Å². The molecule has 24 heavy (non-hydrogen) atoms. The maximum atomic E-state index is 12.4. The first-order valence-corrected chi connectivity index (χ1v) is 8.18. The third-order valence-electron chi connectivity index (χ3n) is 3.04. The minimum atomic E-state index is -1.86. The number of rotatable bonds is 7. The van der Waals surface area contributed by atoms with Crippen LogP contribution in [0.25, 0.3) is 0 Å². The molecule has 0 saturated heterocycles. The molecule has 0 fully saturated rings. The zero-order valence-electron chi connectivity index (χ0n) is 14.9. The quantitative estimate of drug-likeness (QED) is 0.549. The largest absolute Gasteiger partial charge is 0.457 e. The van der Waals surface area contributed by atoms with Crippen LogP contribution in [-0.4, -0.2) is 41.0 Å². The number of hydrogen-bond acceptors (Lipinski definition) is 6. The van der Waals surface area contributed by atoms with Gasteiger partial charge in [-0.2, -0.15) is 5.26 Å². The number of halogens is 1. The number of hydrogen-bond donors (Lipinski definition) is 1. The number of esters is 2. The first kappa shape index (κ1) is 22.2. The number of nitrogens with one attached hydrogen (secondary N) is 1. The van der Waals surface area contributed by atoms with Crippen molar-refractivity contribution in [1.82, 2.24) is 5.32 Å². The molecule has 0 heterocycles. The van der Waals surface area contributed by atoms with E-state index in [1.54, 1.807) is 47.6 Å². The molecular weight excluding hydrogens is 336 g/mol. The molecule has 7 nitrogen and oxygen atoms in total. The van der Waals surface area contributed by atoms with Crippen LogP contribution in [0.5, 0.6) is 0 Å². The Kier molecular flexibility index (Phi) is 8.21. The number of carbonyl (C=O) groups excluding carboxylic acids is 3. The third-order valence-corrected chi connectivity index (χ3v) is 3.25. The summed E-state index contributed by atoms with van der Waals surface area (Å²) in [6.45, 7) is 9.87. The van der Waals surface area contributed by atoms with Gasteiger partial charge in [-0.3, -0.25) is 9.59 Å². The second-order valence-electron chi connectivity index (χ2n) is 6.65. The van der Waals surface area contributed by atoms with E-state index >= 15 is 0 Å². The number of ether oxygens (including phenoxy) is 2. The van der Waals surface area contributed by atoms with Gasteiger partial charge in [-0.15, -0.1) is 11.6 Å². The molecule has 1 amide bonds. The summed E-state index contributed by atoms with van der Waals surface area (Å²) in [7, 11) is 0. The normalized spacial score (nSPS) is 15.0. The Morgan fingerprint density at radius 3 is 2.12 bits per heavy atom. The van der Waals surface area contributed by atoms with Crippen molar-refractivity contribution >= 4 is 29.4 Å². The summed E-state index contributed by atoms with van der Waals surface area (Å²) in [6.07, 6.45) is -1.17. The van der Waals surface area contributed by atoms with Crippen LogP contribution in [0.3, 0.4) is 0 Å². The van der Waals surface area contributed by atoms with E-state index in [0.29, 0.717) is 0 Å². The standard InChI is InChI=1S/C16H25ClN2O5/c1-7-16(9-18,14(22)24-15(4,5)6)19-13(21)12(10(2)3)23-11(20)8-17/h10,12H,7-8H2,1-6H3,(H,19,21).